The molecule has 98 valence electrons. The second-order valence-corrected chi connectivity index (χ2v) is 5.59. The van der Waals surface area contributed by atoms with Gasteiger partial charge in [-0.15, -0.1) is 17.5 Å². The molecule has 0 saturated heterocycles. The van der Waals surface area contributed by atoms with E-state index < -0.39 is 0 Å². The second kappa shape index (κ2) is 5.81. The van der Waals surface area contributed by atoms with Crippen molar-refractivity contribution in [3.8, 4) is 0 Å². The summed E-state index contributed by atoms with van der Waals surface area (Å²) in [5, 5.41) is 0. The number of aryl methyl sites for hydroxylation is 1. The van der Waals surface area contributed by atoms with Crippen LogP contribution < -0.4 is 0 Å². The smallest absolute Gasteiger partial charge is 0 e. The van der Waals surface area contributed by atoms with Crippen molar-refractivity contribution in [1.29, 1.82) is 0 Å². The maximum Gasteiger partial charge on any atom is 0 e. The number of fused-ring (bicyclic) bond motifs is 3. The number of allylic oxidation sites excluding steroid dienone is 2. The molecular weight excluding hydrogens is 407 g/mol. The molecule has 0 saturated carbocycles. The normalized spacial score (nSPS) is 15.3. The van der Waals surface area contributed by atoms with Gasteiger partial charge >= 0.3 is 0 Å². The fourth-order valence-electron chi connectivity index (χ4n) is 3.48. The topological polar surface area (TPSA) is 0 Å². The zero-order valence-corrected chi connectivity index (χ0v) is 15.2. The van der Waals surface area contributed by atoms with E-state index >= 15 is 0 Å². The van der Waals surface area contributed by atoms with Crippen LogP contribution in [-0.4, -0.2) is 0 Å². The third-order valence-corrected chi connectivity index (χ3v) is 4.39. The molecule has 0 nitrogen and oxygen atoms in total. The quantitative estimate of drug-likeness (QED) is 0.502. The zero-order chi connectivity index (χ0) is 12.7. The van der Waals surface area contributed by atoms with E-state index in [0.29, 0.717) is 0 Å². The van der Waals surface area contributed by atoms with Gasteiger partial charge in [-0.1, -0.05) is 48.0 Å². The van der Waals surface area contributed by atoms with Crippen molar-refractivity contribution in [2.45, 2.75) is 32.1 Å². The summed E-state index contributed by atoms with van der Waals surface area (Å²) in [5.41, 5.74) is 9.06. The molecule has 0 aromatic heterocycles. The van der Waals surface area contributed by atoms with Gasteiger partial charge in [0.25, 0.3) is 0 Å². The van der Waals surface area contributed by atoms with E-state index in [2.05, 4.69) is 48.5 Å². The molecule has 0 amide bonds. The third kappa shape index (κ3) is 2.37. The molecule has 0 bridgehead atoms. The second-order valence-electron chi connectivity index (χ2n) is 5.59. The van der Waals surface area contributed by atoms with E-state index in [0.717, 1.165) is 12.8 Å². The van der Waals surface area contributed by atoms with E-state index in [1.807, 2.05) is 0 Å². The summed E-state index contributed by atoms with van der Waals surface area (Å²) in [6.45, 7) is 0. The van der Waals surface area contributed by atoms with Gasteiger partial charge in [-0.25, -0.2) is 5.57 Å². The van der Waals surface area contributed by atoms with E-state index in [-0.39, 0.29) is 25.8 Å². The van der Waals surface area contributed by atoms with Crippen molar-refractivity contribution in [1.82, 2.24) is 0 Å². The van der Waals surface area contributed by atoms with Gasteiger partial charge in [-0.05, 0) is 31.2 Å². The molecule has 0 unspecified atom stereocenters. The van der Waals surface area contributed by atoms with E-state index in [4.69, 9.17) is 0 Å². The van der Waals surface area contributed by atoms with Gasteiger partial charge in [0.1, 0.15) is 0 Å². The largest absolute Gasteiger partial charge is 0.268 e. The monoisotopic (exact) mass is 425 g/mol. The number of rotatable bonds is 2. The Bertz CT molecular complexity index is 653. The molecular formula is C19H17Hf-. The average molecular weight is 424 g/mol. The van der Waals surface area contributed by atoms with Crippen LogP contribution in [0.25, 0.3) is 5.57 Å². The Labute approximate surface area is 139 Å². The first kappa shape index (κ1) is 14.0. The molecule has 20 heavy (non-hydrogen) atoms. The maximum atomic E-state index is 3.62. The first-order valence-electron chi connectivity index (χ1n) is 7.19. The van der Waals surface area contributed by atoms with Crippen LogP contribution in [0.4, 0.5) is 0 Å². The molecule has 0 aliphatic heterocycles. The molecule has 2 aromatic carbocycles. The Morgan fingerprint density at radius 3 is 2.55 bits per heavy atom. The maximum absolute atomic E-state index is 3.62. The third-order valence-electron chi connectivity index (χ3n) is 4.39. The Morgan fingerprint density at radius 1 is 0.900 bits per heavy atom. The number of hydrogen-bond acceptors (Lipinski definition) is 0. The molecule has 0 spiro atoms. The summed E-state index contributed by atoms with van der Waals surface area (Å²) in [6.07, 6.45) is 9.50. The summed E-state index contributed by atoms with van der Waals surface area (Å²) in [4.78, 5) is 0. The Hall–Kier alpha value is -0.950. The minimum atomic E-state index is 0. The molecule has 0 fully saturated rings. The van der Waals surface area contributed by atoms with Gasteiger partial charge in [-0.2, -0.15) is 5.56 Å². The standard InChI is InChI=1S/C19H17.Hf/c1-2-5-14(6-3-1)13-17-12-11-16-10-9-15-7-4-8-18(15)19(16)17;/h1-3,5-6,9-10H,4,7-8,11,13H2;/q-1;. The number of benzene rings is 2. The van der Waals surface area contributed by atoms with E-state index in [1.165, 1.54) is 36.0 Å². The molecule has 0 atom stereocenters. The Balaban J connectivity index is 0.00000121. The average Bonchev–Trinajstić information content (AvgIpc) is 3.06. The van der Waals surface area contributed by atoms with Crippen LogP contribution in [0.2, 0.25) is 0 Å². The van der Waals surface area contributed by atoms with Gasteiger partial charge < -0.3 is 0 Å². The van der Waals surface area contributed by atoms with Gasteiger partial charge in [0, 0.05) is 25.8 Å². The van der Waals surface area contributed by atoms with Crippen LogP contribution in [-0.2, 0) is 51.5 Å². The fraction of sp³-hybridized carbons (Fsp3) is 0.263. The van der Waals surface area contributed by atoms with Crippen LogP contribution in [0, 0.1) is 6.08 Å². The van der Waals surface area contributed by atoms with Crippen molar-refractivity contribution in [3.05, 3.63) is 76.4 Å². The molecule has 0 N–H and O–H groups in total. The summed E-state index contributed by atoms with van der Waals surface area (Å²) in [6, 6.07) is 15.4. The Morgan fingerprint density at radius 2 is 1.70 bits per heavy atom. The molecule has 1 heteroatoms. The summed E-state index contributed by atoms with van der Waals surface area (Å²) in [7, 11) is 0. The first-order chi connectivity index (χ1) is 9.42. The molecule has 0 radical (unpaired) electrons. The zero-order valence-electron chi connectivity index (χ0n) is 11.6. The van der Waals surface area contributed by atoms with Crippen molar-refractivity contribution in [2.24, 2.45) is 0 Å². The van der Waals surface area contributed by atoms with Crippen molar-refractivity contribution in [3.63, 3.8) is 0 Å². The number of hydrogen-bond donors (Lipinski definition) is 0. The Kier molecular flexibility index (Phi) is 4.07. The van der Waals surface area contributed by atoms with Gasteiger partial charge in [0.05, 0.1) is 0 Å². The van der Waals surface area contributed by atoms with Crippen molar-refractivity contribution in [2.75, 3.05) is 0 Å². The molecule has 2 aliphatic rings. The predicted molar refractivity (Wildman–Crippen MR) is 79.0 cm³/mol. The van der Waals surface area contributed by atoms with Crippen molar-refractivity contribution < 1.29 is 25.8 Å². The predicted octanol–water partition coefficient (Wildman–Crippen LogP) is 4.16. The van der Waals surface area contributed by atoms with Crippen LogP contribution >= 0.6 is 0 Å². The van der Waals surface area contributed by atoms with Crippen molar-refractivity contribution >= 4 is 5.57 Å². The molecule has 2 aromatic rings. The minimum absolute atomic E-state index is 0. The van der Waals surface area contributed by atoms with Gasteiger partial charge in [0.2, 0.25) is 0 Å². The minimum Gasteiger partial charge on any atom is -0.268 e. The van der Waals surface area contributed by atoms with Crippen LogP contribution in [0.15, 0.2) is 42.5 Å². The summed E-state index contributed by atoms with van der Waals surface area (Å²) >= 11 is 0. The summed E-state index contributed by atoms with van der Waals surface area (Å²) in [5.74, 6) is 0. The van der Waals surface area contributed by atoms with Crippen LogP contribution in [0.5, 0.6) is 0 Å². The molecule has 2 aliphatic carbocycles. The SMILES string of the molecule is [C-]1=C(Cc2ccccc2)c2c(ccc3c2CCC3)C1.[Hf]. The van der Waals surface area contributed by atoms with E-state index in [1.54, 1.807) is 16.7 Å². The molecule has 0 heterocycles. The molecule has 4 rings (SSSR count). The van der Waals surface area contributed by atoms with E-state index in [9.17, 15) is 0 Å². The van der Waals surface area contributed by atoms with Crippen LogP contribution in [0.3, 0.4) is 0 Å². The fourth-order valence-corrected chi connectivity index (χ4v) is 3.48. The summed E-state index contributed by atoms with van der Waals surface area (Å²) < 4.78 is 0. The van der Waals surface area contributed by atoms with Gasteiger partial charge in [-0.3, -0.25) is 6.08 Å². The van der Waals surface area contributed by atoms with Gasteiger partial charge in [0.15, 0.2) is 0 Å². The first-order valence-corrected chi connectivity index (χ1v) is 7.19. The van der Waals surface area contributed by atoms with Crippen LogP contribution in [0.1, 0.15) is 34.2 Å².